The summed E-state index contributed by atoms with van der Waals surface area (Å²) in [6.45, 7) is 1.17. The molecule has 2 heterocycles. The minimum atomic E-state index is 0.00385. The summed E-state index contributed by atoms with van der Waals surface area (Å²) < 4.78 is 0. The molecule has 1 saturated heterocycles. The number of rotatable bonds is 3. The Morgan fingerprint density at radius 3 is 2.83 bits per heavy atom. The number of pyridine rings is 1. The molecule has 1 aromatic rings. The Bertz CT molecular complexity index is 447. The molecule has 0 spiro atoms. The molecule has 2 atom stereocenters. The number of aromatic nitrogens is 1. The molecular formula is C15H21N3. The predicted molar refractivity (Wildman–Crippen MR) is 74.1 cm³/mol. The normalized spacial score (nSPS) is 22.1. The van der Waals surface area contributed by atoms with Crippen LogP contribution in [-0.2, 0) is 0 Å². The molecular weight excluding hydrogens is 222 g/mol. The maximum atomic E-state index is 5.61. The molecule has 1 aliphatic rings. The summed E-state index contributed by atoms with van der Waals surface area (Å²) >= 11 is 0. The van der Waals surface area contributed by atoms with Crippen molar-refractivity contribution < 1.29 is 0 Å². The van der Waals surface area contributed by atoms with Gasteiger partial charge in [0.1, 0.15) is 0 Å². The minimum Gasteiger partial charge on any atom is -0.299 e. The van der Waals surface area contributed by atoms with Crippen molar-refractivity contribution in [3.63, 3.8) is 0 Å². The summed E-state index contributed by atoms with van der Waals surface area (Å²) in [6, 6.07) is 2.71. The topological polar surface area (TPSA) is 19.4 Å². The van der Waals surface area contributed by atoms with Gasteiger partial charge in [0.25, 0.3) is 0 Å². The summed E-state index contributed by atoms with van der Waals surface area (Å²) in [7, 11) is 6.17. The molecule has 96 valence electrons. The van der Waals surface area contributed by atoms with Crippen LogP contribution < -0.4 is 0 Å². The van der Waals surface area contributed by atoms with E-state index in [4.69, 9.17) is 6.42 Å². The van der Waals surface area contributed by atoms with Crippen molar-refractivity contribution in [3.8, 4) is 12.3 Å². The first kappa shape index (κ1) is 13.1. The highest BCUT2D eigenvalue weighted by atomic mass is 15.1. The van der Waals surface area contributed by atoms with E-state index in [1.165, 1.54) is 24.9 Å². The fraction of sp³-hybridized carbons (Fsp3) is 0.533. The fourth-order valence-corrected chi connectivity index (χ4v) is 2.68. The molecule has 2 unspecified atom stereocenters. The summed E-state index contributed by atoms with van der Waals surface area (Å²) in [4.78, 5) is 8.80. The molecule has 3 nitrogen and oxygen atoms in total. The number of hydrogen-bond acceptors (Lipinski definition) is 3. The van der Waals surface area contributed by atoms with E-state index in [0.717, 1.165) is 5.56 Å². The van der Waals surface area contributed by atoms with Crippen LogP contribution in [0, 0.1) is 12.3 Å². The fourth-order valence-electron chi connectivity index (χ4n) is 2.68. The monoisotopic (exact) mass is 243 g/mol. The molecule has 18 heavy (non-hydrogen) atoms. The van der Waals surface area contributed by atoms with E-state index in [1.54, 1.807) is 0 Å². The predicted octanol–water partition coefficient (Wildman–Crippen LogP) is 2.08. The van der Waals surface area contributed by atoms with Crippen LogP contribution in [0.5, 0.6) is 0 Å². The van der Waals surface area contributed by atoms with Gasteiger partial charge in [0.15, 0.2) is 0 Å². The van der Waals surface area contributed by atoms with Gasteiger partial charge in [-0.3, -0.25) is 14.8 Å². The Hall–Kier alpha value is -1.37. The summed E-state index contributed by atoms with van der Waals surface area (Å²) in [5.74, 6) is 2.82. The largest absolute Gasteiger partial charge is 0.299 e. The molecule has 0 bridgehead atoms. The smallest absolute Gasteiger partial charge is 0.0978 e. The van der Waals surface area contributed by atoms with E-state index in [1.807, 2.05) is 31.4 Å². The van der Waals surface area contributed by atoms with Crippen LogP contribution in [0.1, 0.15) is 36.1 Å². The van der Waals surface area contributed by atoms with Gasteiger partial charge in [-0.15, -0.1) is 6.42 Å². The molecule has 2 rings (SSSR count). The average molecular weight is 243 g/mol. The Kier molecular flexibility index (Phi) is 4.00. The lowest BCUT2D eigenvalue weighted by molar-refractivity contribution is 0.315. The van der Waals surface area contributed by atoms with Gasteiger partial charge >= 0.3 is 0 Å². The van der Waals surface area contributed by atoms with Gasteiger partial charge in [-0.25, -0.2) is 0 Å². The summed E-state index contributed by atoms with van der Waals surface area (Å²) in [6.07, 6.45) is 11.9. The molecule has 0 saturated carbocycles. The van der Waals surface area contributed by atoms with Crippen molar-refractivity contribution in [2.24, 2.45) is 0 Å². The lowest BCUT2D eigenvalue weighted by Gasteiger charge is -2.23. The van der Waals surface area contributed by atoms with Crippen molar-refractivity contribution in [1.82, 2.24) is 14.8 Å². The maximum Gasteiger partial charge on any atom is 0.0978 e. The zero-order valence-electron chi connectivity index (χ0n) is 11.4. The third-order valence-corrected chi connectivity index (χ3v) is 3.68. The van der Waals surface area contributed by atoms with Gasteiger partial charge in [0, 0.05) is 18.4 Å². The number of hydrogen-bond donors (Lipinski definition) is 0. The van der Waals surface area contributed by atoms with Crippen molar-refractivity contribution in [2.75, 3.05) is 27.7 Å². The van der Waals surface area contributed by atoms with Crippen LogP contribution in [0.15, 0.2) is 18.5 Å². The van der Waals surface area contributed by atoms with Crippen molar-refractivity contribution in [2.45, 2.75) is 24.9 Å². The molecule has 0 aliphatic carbocycles. The first-order valence-corrected chi connectivity index (χ1v) is 6.41. The van der Waals surface area contributed by atoms with Crippen molar-refractivity contribution in [3.05, 3.63) is 29.6 Å². The Morgan fingerprint density at radius 2 is 2.28 bits per heavy atom. The zero-order valence-corrected chi connectivity index (χ0v) is 11.4. The molecule has 0 radical (unpaired) electrons. The van der Waals surface area contributed by atoms with E-state index in [0.29, 0.717) is 6.04 Å². The third-order valence-electron chi connectivity index (χ3n) is 3.68. The highest BCUT2D eigenvalue weighted by Crippen LogP contribution is 2.31. The molecule has 0 amide bonds. The second-order valence-corrected chi connectivity index (χ2v) is 5.22. The van der Waals surface area contributed by atoms with E-state index < -0.39 is 0 Å². The van der Waals surface area contributed by atoms with Gasteiger partial charge in [-0.2, -0.15) is 0 Å². The van der Waals surface area contributed by atoms with E-state index in [2.05, 4.69) is 28.9 Å². The standard InChI is InChI=1S/C15H21N3/c1-5-14(17(2)3)12-9-13(11-16-10-12)15-7-6-8-18(15)4/h1,9-11,14-15H,6-8H2,2-4H3. The lowest BCUT2D eigenvalue weighted by Crippen LogP contribution is -2.20. The van der Waals surface area contributed by atoms with Gasteiger partial charge in [-0.05, 0) is 57.7 Å². The summed E-state index contributed by atoms with van der Waals surface area (Å²) in [5, 5.41) is 0. The van der Waals surface area contributed by atoms with Gasteiger partial charge in [-0.1, -0.05) is 5.92 Å². The van der Waals surface area contributed by atoms with E-state index in [-0.39, 0.29) is 6.04 Å². The molecule has 3 heteroatoms. The Morgan fingerprint density at radius 1 is 1.50 bits per heavy atom. The quantitative estimate of drug-likeness (QED) is 0.758. The molecule has 0 N–H and O–H groups in total. The van der Waals surface area contributed by atoms with Crippen LogP contribution in [0.3, 0.4) is 0 Å². The SMILES string of the molecule is C#CC(c1cncc(C2CCCN2C)c1)N(C)C. The molecule has 1 fully saturated rings. The molecule has 1 aromatic heterocycles. The zero-order chi connectivity index (χ0) is 13.1. The highest BCUT2D eigenvalue weighted by Gasteiger charge is 2.23. The second-order valence-electron chi connectivity index (χ2n) is 5.22. The Balaban J connectivity index is 2.27. The van der Waals surface area contributed by atoms with E-state index in [9.17, 15) is 0 Å². The number of likely N-dealkylation sites (tertiary alicyclic amines) is 1. The van der Waals surface area contributed by atoms with Gasteiger partial charge in [0.05, 0.1) is 6.04 Å². The third kappa shape index (κ3) is 2.55. The van der Waals surface area contributed by atoms with Crippen LogP contribution in [0.4, 0.5) is 0 Å². The lowest BCUT2D eigenvalue weighted by atomic mass is 10.0. The summed E-state index contributed by atoms with van der Waals surface area (Å²) in [5.41, 5.74) is 2.40. The number of terminal acetylenes is 1. The minimum absolute atomic E-state index is 0.00385. The van der Waals surface area contributed by atoms with E-state index >= 15 is 0 Å². The first-order chi connectivity index (χ1) is 8.63. The van der Waals surface area contributed by atoms with Crippen LogP contribution in [-0.4, -0.2) is 42.5 Å². The van der Waals surface area contributed by atoms with Crippen LogP contribution >= 0.6 is 0 Å². The van der Waals surface area contributed by atoms with Crippen molar-refractivity contribution in [1.29, 1.82) is 0 Å². The van der Waals surface area contributed by atoms with Gasteiger partial charge < -0.3 is 0 Å². The first-order valence-electron chi connectivity index (χ1n) is 6.41. The Labute approximate surface area is 110 Å². The van der Waals surface area contributed by atoms with Crippen molar-refractivity contribution >= 4 is 0 Å². The molecule has 0 aromatic carbocycles. The maximum absolute atomic E-state index is 5.61. The van der Waals surface area contributed by atoms with Crippen LogP contribution in [0.2, 0.25) is 0 Å². The highest BCUT2D eigenvalue weighted by molar-refractivity contribution is 5.28. The van der Waals surface area contributed by atoms with Crippen LogP contribution in [0.25, 0.3) is 0 Å². The van der Waals surface area contributed by atoms with Gasteiger partial charge in [0.2, 0.25) is 0 Å². The second kappa shape index (κ2) is 5.51. The number of nitrogens with zero attached hydrogens (tertiary/aromatic N) is 3. The molecule has 1 aliphatic heterocycles. The average Bonchev–Trinajstić information content (AvgIpc) is 2.76.